The zero-order chi connectivity index (χ0) is 19.9. The Morgan fingerprint density at radius 3 is 2.18 bits per heavy atom. The molecule has 2 N–H and O–H groups in total. The van der Waals surface area contributed by atoms with Gasteiger partial charge in [-0.3, -0.25) is 14.6 Å². The van der Waals surface area contributed by atoms with Crippen LogP contribution in [0.25, 0.3) is 0 Å². The highest BCUT2D eigenvalue weighted by atomic mass is 16.2. The van der Waals surface area contributed by atoms with Gasteiger partial charge in [0, 0.05) is 25.5 Å². The quantitative estimate of drug-likeness (QED) is 0.694. The number of nitrogens with zero attached hydrogens (tertiary/aromatic N) is 1. The van der Waals surface area contributed by atoms with Crippen molar-refractivity contribution in [3.63, 3.8) is 0 Å². The third-order valence-electron chi connectivity index (χ3n) is 4.50. The Morgan fingerprint density at radius 2 is 1.50 bits per heavy atom. The number of rotatable bonds is 6. The molecule has 3 aromatic rings. The lowest BCUT2D eigenvalue weighted by molar-refractivity contribution is 0.0950. The lowest BCUT2D eigenvalue weighted by atomic mass is 10.1. The highest BCUT2D eigenvalue weighted by Gasteiger charge is 2.11. The van der Waals surface area contributed by atoms with E-state index in [0.717, 1.165) is 22.3 Å². The molecule has 0 radical (unpaired) electrons. The molecule has 3 rings (SSSR count). The van der Waals surface area contributed by atoms with E-state index < -0.39 is 0 Å². The number of nitrogens with one attached hydrogen (secondary N) is 2. The Bertz CT molecular complexity index is 998. The van der Waals surface area contributed by atoms with E-state index in [1.807, 2.05) is 62.4 Å². The minimum Gasteiger partial charge on any atom is -0.348 e. The van der Waals surface area contributed by atoms with Gasteiger partial charge in [-0.15, -0.1) is 0 Å². The Hall–Kier alpha value is -3.47. The summed E-state index contributed by atoms with van der Waals surface area (Å²) < 4.78 is 0. The van der Waals surface area contributed by atoms with Crippen molar-refractivity contribution in [2.75, 3.05) is 0 Å². The molecule has 0 unspecified atom stereocenters. The van der Waals surface area contributed by atoms with Crippen LogP contribution in [-0.4, -0.2) is 16.8 Å². The first-order chi connectivity index (χ1) is 13.5. The summed E-state index contributed by atoms with van der Waals surface area (Å²) in [6.45, 7) is 4.86. The van der Waals surface area contributed by atoms with Crippen LogP contribution in [0.15, 0.2) is 67.0 Å². The van der Waals surface area contributed by atoms with Gasteiger partial charge in [-0.1, -0.05) is 54.1 Å². The van der Waals surface area contributed by atoms with Crippen molar-refractivity contribution >= 4 is 11.8 Å². The topological polar surface area (TPSA) is 71.1 Å². The predicted molar refractivity (Wildman–Crippen MR) is 109 cm³/mol. The third kappa shape index (κ3) is 5.04. The second kappa shape index (κ2) is 8.95. The van der Waals surface area contributed by atoms with Gasteiger partial charge in [0.2, 0.25) is 0 Å². The molecule has 0 aliphatic carbocycles. The molecule has 1 aromatic heterocycles. The van der Waals surface area contributed by atoms with E-state index in [1.54, 1.807) is 6.07 Å². The number of hydrogen-bond acceptors (Lipinski definition) is 3. The van der Waals surface area contributed by atoms with Gasteiger partial charge in [0.15, 0.2) is 0 Å². The maximum absolute atomic E-state index is 12.4. The van der Waals surface area contributed by atoms with E-state index in [1.165, 1.54) is 12.4 Å². The summed E-state index contributed by atoms with van der Waals surface area (Å²) in [5.74, 6) is -0.522. The molecule has 0 saturated heterocycles. The Balaban J connectivity index is 1.61. The first kappa shape index (κ1) is 19.3. The standard InChI is InChI=1S/C23H23N3O2/c1-16-6-5-8-18(10-16)12-25-22(27)20-11-21(14-24-13-20)23(28)26-15-19-9-4-3-7-17(19)2/h3-11,13-14H,12,15H2,1-2H3,(H,25,27)(H,26,28). The van der Waals surface area contributed by atoms with Crippen molar-refractivity contribution in [2.24, 2.45) is 0 Å². The molecule has 142 valence electrons. The average molecular weight is 373 g/mol. The molecule has 5 nitrogen and oxygen atoms in total. The smallest absolute Gasteiger partial charge is 0.253 e. The zero-order valence-electron chi connectivity index (χ0n) is 16.0. The first-order valence-corrected chi connectivity index (χ1v) is 9.14. The van der Waals surface area contributed by atoms with Crippen LogP contribution in [0.4, 0.5) is 0 Å². The summed E-state index contributed by atoms with van der Waals surface area (Å²) in [6, 6.07) is 17.4. The largest absolute Gasteiger partial charge is 0.348 e. The molecule has 0 saturated carbocycles. The number of carbonyl (C=O) groups is 2. The molecule has 0 atom stereocenters. The predicted octanol–water partition coefficient (Wildman–Crippen LogP) is 3.56. The maximum Gasteiger partial charge on any atom is 0.253 e. The number of hydrogen-bond donors (Lipinski definition) is 2. The van der Waals surface area contributed by atoms with Crippen molar-refractivity contribution in [1.29, 1.82) is 0 Å². The number of aromatic nitrogens is 1. The monoisotopic (exact) mass is 373 g/mol. The summed E-state index contributed by atoms with van der Waals surface area (Å²) in [5, 5.41) is 5.74. The number of amides is 2. The number of benzene rings is 2. The van der Waals surface area contributed by atoms with E-state index >= 15 is 0 Å². The molecule has 2 amide bonds. The van der Waals surface area contributed by atoms with Crippen molar-refractivity contribution in [3.05, 3.63) is 100 Å². The first-order valence-electron chi connectivity index (χ1n) is 9.14. The molecule has 0 fully saturated rings. The minimum atomic E-state index is -0.262. The van der Waals surface area contributed by atoms with Gasteiger partial charge >= 0.3 is 0 Å². The summed E-state index contributed by atoms with van der Waals surface area (Å²) >= 11 is 0. The molecule has 0 bridgehead atoms. The molecule has 5 heteroatoms. The van der Waals surface area contributed by atoms with Gasteiger partial charge in [-0.05, 0) is 36.6 Å². The summed E-state index contributed by atoms with van der Waals surface area (Å²) in [6.07, 6.45) is 2.92. The zero-order valence-corrected chi connectivity index (χ0v) is 16.0. The van der Waals surface area contributed by atoms with Crippen LogP contribution in [0.3, 0.4) is 0 Å². The highest BCUT2D eigenvalue weighted by Crippen LogP contribution is 2.09. The van der Waals surface area contributed by atoms with Gasteiger partial charge in [0.25, 0.3) is 11.8 Å². The summed E-state index contributed by atoms with van der Waals surface area (Å²) in [7, 11) is 0. The highest BCUT2D eigenvalue weighted by molar-refractivity contribution is 5.99. The second-order valence-corrected chi connectivity index (χ2v) is 6.74. The molecule has 2 aromatic carbocycles. The van der Waals surface area contributed by atoms with Crippen LogP contribution in [0.5, 0.6) is 0 Å². The summed E-state index contributed by atoms with van der Waals surface area (Å²) in [5.41, 5.74) is 5.04. The Morgan fingerprint density at radius 1 is 0.821 bits per heavy atom. The van der Waals surface area contributed by atoms with Crippen LogP contribution in [0.2, 0.25) is 0 Å². The van der Waals surface area contributed by atoms with Gasteiger partial charge in [-0.25, -0.2) is 0 Å². The molecule has 0 aliphatic heterocycles. The Labute approximate surface area is 164 Å². The number of pyridine rings is 1. The van der Waals surface area contributed by atoms with Gasteiger partial charge < -0.3 is 10.6 Å². The lowest BCUT2D eigenvalue weighted by Gasteiger charge is -2.09. The molecule has 1 heterocycles. The van der Waals surface area contributed by atoms with Crippen LogP contribution in [-0.2, 0) is 13.1 Å². The molecule has 0 spiro atoms. The number of carbonyl (C=O) groups excluding carboxylic acids is 2. The fourth-order valence-corrected chi connectivity index (χ4v) is 2.88. The fraction of sp³-hybridized carbons (Fsp3) is 0.174. The maximum atomic E-state index is 12.4. The third-order valence-corrected chi connectivity index (χ3v) is 4.50. The molecule has 0 aliphatic rings. The van der Waals surface area contributed by atoms with Crippen LogP contribution in [0, 0.1) is 13.8 Å². The van der Waals surface area contributed by atoms with Crippen LogP contribution >= 0.6 is 0 Å². The molecule has 28 heavy (non-hydrogen) atoms. The van der Waals surface area contributed by atoms with Gasteiger partial charge in [-0.2, -0.15) is 0 Å². The van der Waals surface area contributed by atoms with Gasteiger partial charge in [0.05, 0.1) is 11.1 Å². The number of aryl methyl sites for hydroxylation is 2. The lowest BCUT2D eigenvalue weighted by Crippen LogP contribution is -2.26. The van der Waals surface area contributed by atoms with E-state index in [-0.39, 0.29) is 11.8 Å². The van der Waals surface area contributed by atoms with Crippen molar-refractivity contribution in [1.82, 2.24) is 15.6 Å². The minimum absolute atomic E-state index is 0.260. The van der Waals surface area contributed by atoms with E-state index in [0.29, 0.717) is 24.2 Å². The van der Waals surface area contributed by atoms with Crippen LogP contribution < -0.4 is 10.6 Å². The Kier molecular flexibility index (Phi) is 6.17. The second-order valence-electron chi connectivity index (χ2n) is 6.74. The molecular weight excluding hydrogens is 350 g/mol. The normalized spacial score (nSPS) is 10.4. The van der Waals surface area contributed by atoms with Crippen molar-refractivity contribution < 1.29 is 9.59 Å². The average Bonchev–Trinajstić information content (AvgIpc) is 2.71. The van der Waals surface area contributed by atoms with Crippen molar-refractivity contribution in [3.8, 4) is 0 Å². The van der Waals surface area contributed by atoms with E-state index in [2.05, 4.69) is 15.6 Å². The van der Waals surface area contributed by atoms with E-state index in [9.17, 15) is 9.59 Å². The van der Waals surface area contributed by atoms with Crippen LogP contribution in [0.1, 0.15) is 43.0 Å². The molecular formula is C23H23N3O2. The van der Waals surface area contributed by atoms with E-state index in [4.69, 9.17) is 0 Å². The van der Waals surface area contributed by atoms with Gasteiger partial charge in [0.1, 0.15) is 0 Å². The fourth-order valence-electron chi connectivity index (χ4n) is 2.88. The summed E-state index contributed by atoms with van der Waals surface area (Å²) in [4.78, 5) is 28.9. The SMILES string of the molecule is Cc1cccc(CNC(=O)c2cncc(C(=O)NCc3ccccc3C)c2)c1. The van der Waals surface area contributed by atoms with Crippen molar-refractivity contribution in [2.45, 2.75) is 26.9 Å².